The van der Waals surface area contributed by atoms with Gasteiger partial charge in [0.05, 0.1) is 12.7 Å². The van der Waals surface area contributed by atoms with Crippen molar-refractivity contribution in [3.05, 3.63) is 45.8 Å². The Morgan fingerprint density at radius 2 is 2.04 bits per heavy atom. The summed E-state index contributed by atoms with van der Waals surface area (Å²) in [5.41, 5.74) is 7.61. The highest BCUT2D eigenvalue weighted by Crippen LogP contribution is 2.40. The van der Waals surface area contributed by atoms with Gasteiger partial charge in [0.25, 0.3) is 11.8 Å². The average molecular weight is 358 g/mol. The quantitative estimate of drug-likeness (QED) is 0.856. The van der Waals surface area contributed by atoms with Gasteiger partial charge in [0.15, 0.2) is 0 Å². The molecule has 1 aliphatic rings. The zero-order valence-corrected chi connectivity index (χ0v) is 15.2. The number of benzene rings is 1. The van der Waals surface area contributed by atoms with Gasteiger partial charge in [0, 0.05) is 10.4 Å². The minimum absolute atomic E-state index is 0.254. The number of anilines is 1. The van der Waals surface area contributed by atoms with Gasteiger partial charge in [0.1, 0.15) is 10.8 Å². The Morgan fingerprint density at radius 3 is 2.64 bits per heavy atom. The monoisotopic (exact) mass is 358 g/mol. The molecular weight excluding hydrogens is 336 g/mol. The summed E-state index contributed by atoms with van der Waals surface area (Å²) in [4.78, 5) is 25.7. The van der Waals surface area contributed by atoms with E-state index < -0.39 is 5.91 Å². The van der Waals surface area contributed by atoms with Crippen molar-refractivity contribution in [2.45, 2.75) is 32.6 Å². The van der Waals surface area contributed by atoms with E-state index in [-0.39, 0.29) is 5.91 Å². The van der Waals surface area contributed by atoms with Crippen LogP contribution in [0.3, 0.4) is 0 Å². The fraction of sp³-hybridized carbons (Fsp3) is 0.368. The lowest BCUT2D eigenvalue weighted by atomic mass is 9.85. The van der Waals surface area contributed by atoms with Gasteiger partial charge in [-0.1, -0.05) is 13.3 Å². The summed E-state index contributed by atoms with van der Waals surface area (Å²) in [7, 11) is 1.58. The zero-order chi connectivity index (χ0) is 18.0. The first-order valence-corrected chi connectivity index (χ1v) is 9.24. The van der Waals surface area contributed by atoms with Gasteiger partial charge in [-0.25, -0.2) is 0 Å². The predicted octanol–water partition coefficient (Wildman–Crippen LogP) is 3.62. The molecule has 1 atom stereocenters. The average Bonchev–Trinajstić information content (AvgIpc) is 2.98. The minimum Gasteiger partial charge on any atom is -0.497 e. The second-order valence-corrected chi connectivity index (χ2v) is 7.38. The number of primary amides is 1. The van der Waals surface area contributed by atoms with Crippen LogP contribution in [0.5, 0.6) is 5.75 Å². The molecule has 5 nitrogen and oxygen atoms in total. The molecule has 0 bridgehead atoms. The highest BCUT2D eigenvalue weighted by atomic mass is 32.1. The fourth-order valence-electron chi connectivity index (χ4n) is 3.27. The zero-order valence-electron chi connectivity index (χ0n) is 14.4. The molecule has 1 aromatic carbocycles. The molecule has 1 aliphatic carbocycles. The number of hydrogen-bond acceptors (Lipinski definition) is 4. The molecule has 3 N–H and O–H groups in total. The lowest BCUT2D eigenvalue weighted by molar-refractivity contribution is 0.1000. The Bertz CT molecular complexity index is 796. The van der Waals surface area contributed by atoms with Gasteiger partial charge in [0.2, 0.25) is 0 Å². The second kappa shape index (κ2) is 7.27. The van der Waals surface area contributed by atoms with E-state index >= 15 is 0 Å². The number of carbonyl (C=O) groups excluding carboxylic acids is 2. The highest BCUT2D eigenvalue weighted by molar-refractivity contribution is 7.17. The summed E-state index contributed by atoms with van der Waals surface area (Å²) in [6.07, 6.45) is 3.99. The van der Waals surface area contributed by atoms with E-state index in [1.165, 1.54) is 16.2 Å². The SMILES string of the molecule is CCC1CCc2c(sc(NC(=O)c3ccc(OC)cc3)c2C(N)=O)C1. The van der Waals surface area contributed by atoms with Crippen molar-refractivity contribution in [3.63, 3.8) is 0 Å². The normalized spacial score (nSPS) is 16.2. The Morgan fingerprint density at radius 1 is 1.32 bits per heavy atom. The lowest BCUT2D eigenvalue weighted by Gasteiger charge is -2.20. The van der Waals surface area contributed by atoms with Crippen LogP contribution >= 0.6 is 11.3 Å². The Balaban J connectivity index is 1.87. The minimum atomic E-state index is -0.475. The summed E-state index contributed by atoms with van der Waals surface area (Å²) < 4.78 is 5.10. The molecule has 2 aromatic rings. The van der Waals surface area contributed by atoms with E-state index in [4.69, 9.17) is 10.5 Å². The van der Waals surface area contributed by atoms with Crippen LogP contribution in [0.4, 0.5) is 5.00 Å². The largest absolute Gasteiger partial charge is 0.497 e. The van der Waals surface area contributed by atoms with E-state index in [1.807, 2.05) is 0 Å². The maximum atomic E-state index is 12.5. The first-order chi connectivity index (χ1) is 12.0. The van der Waals surface area contributed by atoms with Gasteiger partial charge in [-0.3, -0.25) is 9.59 Å². The topological polar surface area (TPSA) is 81.4 Å². The van der Waals surface area contributed by atoms with E-state index in [1.54, 1.807) is 31.4 Å². The molecule has 1 unspecified atom stereocenters. The van der Waals surface area contributed by atoms with Gasteiger partial charge in [-0.2, -0.15) is 0 Å². The van der Waals surface area contributed by atoms with Crippen molar-refractivity contribution in [2.75, 3.05) is 12.4 Å². The first-order valence-electron chi connectivity index (χ1n) is 8.43. The Hall–Kier alpha value is -2.34. The number of thiophene rings is 1. The standard InChI is InChI=1S/C19H22N2O3S/c1-3-11-4-9-14-15(10-11)25-19(16(14)17(20)22)21-18(23)12-5-7-13(24-2)8-6-12/h5-8,11H,3-4,9-10H2,1-2H3,(H2,20,22)(H,21,23). The summed E-state index contributed by atoms with van der Waals surface area (Å²) in [5, 5.41) is 3.44. The van der Waals surface area contributed by atoms with Crippen molar-refractivity contribution in [1.82, 2.24) is 0 Å². The molecule has 25 heavy (non-hydrogen) atoms. The van der Waals surface area contributed by atoms with Crippen molar-refractivity contribution >= 4 is 28.2 Å². The third kappa shape index (κ3) is 3.54. The number of carbonyl (C=O) groups is 2. The lowest BCUT2D eigenvalue weighted by Crippen LogP contribution is -2.19. The number of rotatable bonds is 5. The van der Waals surface area contributed by atoms with E-state index in [2.05, 4.69) is 12.2 Å². The summed E-state index contributed by atoms with van der Waals surface area (Å²) >= 11 is 1.48. The summed E-state index contributed by atoms with van der Waals surface area (Å²) in [6, 6.07) is 6.85. The van der Waals surface area contributed by atoms with Gasteiger partial charge in [-0.05, 0) is 55.0 Å². The number of ether oxygens (including phenoxy) is 1. The van der Waals surface area contributed by atoms with Gasteiger partial charge in [-0.15, -0.1) is 11.3 Å². The molecule has 0 radical (unpaired) electrons. The third-order valence-corrected chi connectivity index (χ3v) is 5.94. The maximum absolute atomic E-state index is 12.5. The number of hydrogen-bond donors (Lipinski definition) is 2. The Labute approximate surface area is 151 Å². The molecule has 2 amide bonds. The molecule has 6 heteroatoms. The molecule has 1 aromatic heterocycles. The fourth-order valence-corrected chi connectivity index (χ4v) is 4.63. The number of methoxy groups -OCH3 is 1. The number of nitrogens with two attached hydrogens (primary N) is 1. The summed E-state index contributed by atoms with van der Waals surface area (Å²) in [5.74, 6) is 0.594. The van der Waals surface area contributed by atoms with E-state index in [9.17, 15) is 9.59 Å². The Kier molecular flexibility index (Phi) is 5.08. The van der Waals surface area contributed by atoms with Crippen LogP contribution in [0.15, 0.2) is 24.3 Å². The molecule has 132 valence electrons. The van der Waals surface area contributed by atoms with E-state index in [0.29, 0.717) is 27.8 Å². The van der Waals surface area contributed by atoms with Crippen molar-refractivity contribution in [3.8, 4) is 5.75 Å². The summed E-state index contributed by atoms with van der Waals surface area (Å²) in [6.45, 7) is 2.19. The van der Waals surface area contributed by atoms with E-state index in [0.717, 1.165) is 31.2 Å². The van der Waals surface area contributed by atoms with Gasteiger partial charge >= 0.3 is 0 Å². The van der Waals surface area contributed by atoms with Crippen molar-refractivity contribution in [2.24, 2.45) is 11.7 Å². The number of amides is 2. The molecule has 1 heterocycles. The van der Waals surface area contributed by atoms with Crippen LogP contribution in [0.25, 0.3) is 0 Å². The molecule has 0 saturated carbocycles. The number of nitrogens with one attached hydrogen (secondary N) is 1. The molecule has 0 fully saturated rings. The number of fused-ring (bicyclic) bond motifs is 1. The molecule has 0 saturated heterocycles. The maximum Gasteiger partial charge on any atom is 0.256 e. The second-order valence-electron chi connectivity index (χ2n) is 6.27. The van der Waals surface area contributed by atoms with Crippen LogP contribution in [0.1, 0.15) is 50.9 Å². The van der Waals surface area contributed by atoms with Crippen LogP contribution in [-0.4, -0.2) is 18.9 Å². The molecule has 3 rings (SSSR count). The first kappa shape index (κ1) is 17.5. The smallest absolute Gasteiger partial charge is 0.256 e. The van der Waals surface area contributed by atoms with Crippen LogP contribution in [0.2, 0.25) is 0 Å². The molecule has 0 spiro atoms. The molecule has 0 aliphatic heterocycles. The predicted molar refractivity (Wildman–Crippen MR) is 99.6 cm³/mol. The molecular formula is C19H22N2O3S. The van der Waals surface area contributed by atoms with Crippen molar-refractivity contribution in [1.29, 1.82) is 0 Å². The third-order valence-electron chi connectivity index (χ3n) is 4.77. The van der Waals surface area contributed by atoms with Crippen LogP contribution in [-0.2, 0) is 12.8 Å². The van der Waals surface area contributed by atoms with Crippen molar-refractivity contribution < 1.29 is 14.3 Å². The van der Waals surface area contributed by atoms with Crippen LogP contribution < -0.4 is 15.8 Å². The van der Waals surface area contributed by atoms with Gasteiger partial charge < -0.3 is 15.8 Å². The highest BCUT2D eigenvalue weighted by Gasteiger charge is 2.28. The van der Waals surface area contributed by atoms with Crippen LogP contribution in [0, 0.1) is 5.92 Å².